The number of alkyl halides is 2. The average molecular weight is 528 g/mol. The Morgan fingerprint density at radius 3 is 2.47 bits per heavy atom. The highest BCUT2D eigenvalue weighted by Crippen LogP contribution is 2.37. The van der Waals surface area contributed by atoms with Crippen molar-refractivity contribution in [2.24, 2.45) is 5.92 Å². The number of fused-ring (bicyclic) bond motifs is 1. The molecule has 38 heavy (non-hydrogen) atoms. The fraction of sp³-hybridized carbons (Fsp3) is 0.483. The summed E-state index contributed by atoms with van der Waals surface area (Å²) in [5.41, 5.74) is 3.28. The lowest BCUT2D eigenvalue weighted by atomic mass is 9.89. The molecule has 1 atom stereocenters. The van der Waals surface area contributed by atoms with Gasteiger partial charge in [-0.05, 0) is 58.1 Å². The lowest BCUT2D eigenvalue weighted by Gasteiger charge is -2.37. The van der Waals surface area contributed by atoms with Gasteiger partial charge in [-0.3, -0.25) is 14.4 Å². The first kappa shape index (κ1) is 27.5. The Labute approximate surface area is 220 Å². The molecule has 1 N–H and O–H groups in total. The van der Waals surface area contributed by atoms with Crippen LogP contribution in [0.3, 0.4) is 0 Å². The zero-order chi connectivity index (χ0) is 27.8. The molecule has 0 spiro atoms. The number of ether oxygens (including phenoxy) is 1. The molecule has 1 aliphatic rings. The van der Waals surface area contributed by atoms with Gasteiger partial charge in [0.2, 0.25) is 0 Å². The first-order valence-electron chi connectivity index (χ1n) is 13.0. The number of amides is 1. The molecule has 4 rings (SSSR count). The molecule has 3 heterocycles. The Balaban J connectivity index is 1.58. The molecule has 7 nitrogen and oxygen atoms in total. The van der Waals surface area contributed by atoms with Crippen molar-refractivity contribution in [3.8, 4) is 5.75 Å². The maximum absolute atomic E-state index is 13.6. The molecular formula is C29H35F2N3O4. The van der Waals surface area contributed by atoms with Crippen molar-refractivity contribution >= 4 is 22.6 Å². The predicted molar refractivity (Wildman–Crippen MR) is 142 cm³/mol. The summed E-state index contributed by atoms with van der Waals surface area (Å²) in [6.07, 6.45) is 1.61. The van der Waals surface area contributed by atoms with Crippen LogP contribution >= 0.6 is 0 Å². The Kier molecular flexibility index (Phi) is 7.76. The molecule has 9 heteroatoms. The van der Waals surface area contributed by atoms with E-state index >= 15 is 0 Å². The van der Waals surface area contributed by atoms with Gasteiger partial charge in [-0.25, -0.2) is 0 Å². The number of hydrogen-bond acceptors (Lipinski definition) is 4. The van der Waals surface area contributed by atoms with Crippen LogP contribution < -0.4 is 10.3 Å². The van der Waals surface area contributed by atoms with Crippen molar-refractivity contribution in [1.29, 1.82) is 0 Å². The number of hydrogen-bond donors (Lipinski definition) is 1. The number of aryl methyl sites for hydroxylation is 1. The number of Topliss-reactive ketones (excluding diaryl/α,β-unsaturated/α-hetero) is 1. The van der Waals surface area contributed by atoms with Crippen LogP contribution in [-0.2, 0) is 11.2 Å². The molecule has 2 aromatic heterocycles. The van der Waals surface area contributed by atoms with Crippen LogP contribution in [0.1, 0.15) is 66.5 Å². The molecule has 1 aromatic carbocycles. The number of nitrogens with zero attached hydrogens (tertiary/aromatic N) is 2. The van der Waals surface area contributed by atoms with Crippen LogP contribution in [0, 0.1) is 19.8 Å². The Hall–Kier alpha value is -3.49. The standard InChI is InChI=1S/C29H35F2N3O4/c1-17-16-25(38-5)22(27(36)32-17)10-11-24(35)26-19(3)34(23-9-7-6-8-21(23)26)18(2)20-12-14-33(15-13-20)28(37)29(4,30)31/h6-9,16,18,20H,10-15H2,1-5H3,(H,32,36)/t18-/m1/s1. The zero-order valence-electron chi connectivity index (χ0n) is 22.6. The van der Waals surface area contributed by atoms with Gasteiger partial charge in [-0.15, -0.1) is 0 Å². The summed E-state index contributed by atoms with van der Waals surface area (Å²) in [5, 5.41) is 0.852. The van der Waals surface area contributed by atoms with Crippen LogP contribution in [0.25, 0.3) is 10.9 Å². The van der Waals surface area contributed by atoms with Gasteiger partial charge in [-0.1, -0.05) is 18.2 Å². The number of para-hydroxylation sites is 1. The molecule has 0 radical (unpaired) electrons. The number of likely N-dealkylation sites (tertiary alicyclic amines) is 1. The number of pyridine rings is 1. The van der Waals surface area contributed by atoms with Gasteiger partial charge >= 0.3 is 5.92 Å². The fourth-order valence-corrected chi connectivity index (χ4v) is 5.81. The van der Waals surface area contributed by atoms with Crippen LogP contribution in [0.15, 0.2) is 35.1 Å². The van der Waals surface area contributed by atoms with Crippen molar-refractivity contribution in [2.75, 3.05) is 20.2 Å². The summed E-state index contributed by atoms with van der Waals surface area (Å²) in [6.45, 7) is 7.00. The SMILES string of the molecule is COc1cc(C)[nH]c(=O)c1CCC(=O)c1c(C)n([C@H](C)C2CCN(C(=O)C(C)(F)F)CC2)c2ccccc12. The number of ketones is 1. The van der Waals surface area contributed by atoms with Gasteiger partial charge in [0, 0.05) is 60.3 Å². The molecule has 0 bridgehead atoms. The second-order valence-electron chi connectivity index (χ2n) is 10.4. The quantitative estimate of drug-likeness (QED) is 0.407. The van der Waals surface area contributed by atoms with Crippen molar-refractivity contribution < 1.29 is 23.1 Å². The Bertz CT molecular complexity index is 1410. The number of methoxy groups -OCH3 is 1. The first-order chi connectivity index (χ1) is 17.9. The minimum Gasteiger partial charge on any atom is -0.496 e. The summed E-state index contributed by atoms with van der Waals surface area (Å²) in [4.78, 5) is 42.1. The topological polar surface area (TPSA) is 84.4 Å². The number of aromatic amines is 1. The van der Waals surface area contributed by atoms with Gasteiger partial charge in [0.15, 0.2) is 5.78 Å². The number of aromatic nitrogens is 2. The molecule has 1 aliphatic heterocycles. The van der Waals surface area contributed by atoms with Crippen LogP contribution in [0.4, 0.5) is 8.78 Å². The second kappa shape index (κ2) is 10.7. The summed E-state index contributed by atoms with van der Waals surface area (Å²) in [6, 6.07) is 9.50. The molecule has 0 aliphatic carbocycles. The molecule has 1 fully saturated rings. The summed E-state index contributed by atoms with van der Waals surface area (Å²) in [7, 11) is 1.51. The van der Waals surface area contributed by atoms with Crippen molar-refractivity contribution in [1.82, 2.24) is 14.5 Å². The number of nitrogens with one attached hydrogen (secondary N) is 1. The van der Waals surface area contributed by atoms with Crippen LogP contribution in [0.5, 0.6) is 5.75 Å². The molecule has 0 unspecified atom stereocenters. The van der Waals surface area contributed by atoms with E-state index in [2.05, 4.69) is 16.5 Å². The highest BCUT2D eigenvalue weighted by atomic mass is 19.3. The summed E-state index contributed by atoms with van der Waals surface area (Å²) in [5.74, 6) is -3.91. The number of carbonyl (C=O) groups excluding carboxylic acids is 2. The molecular weight excluding hydrogens is 492 g/mol. The van der Waals surface area contributed by atoms with Crippen molar-refractivity contribution in [3.63, 3.8) is 0 Å². The number of H-pyrrole nitrogens is 1. The van der Waals surface area contributed by atoms with E-state index in [0.717, 1.165) is 16.6 Å². The third-order valence-electron chi connectivity index (χ3n) is 7.78. The molecule has 3 aromatic rings. The Morgan fingerprint density at radius 2 is 1.84 bits per heavy atom. The lowest BCUT2D eigenvalue weighted by Crippen LogP contribution is -2.46. The highest BCUT2D eigenvalue weighted by Gasteiger charge is 2.39. The third-order valence-corrected chi connectivity index (χ3v) is 7.78. The van der Waals surface area contributed by atoms with Crippen molar-refractivity contribution in [2.45, 2.75) is 65.3 Å². The van der Waals surface area contributed by atoms with E-state index in [9.17, 15) is 23.2 Å². The van der Waals surface area contributed by atoms with Gasteiger partial charge < -0.3 is 19.2 Å². The van der Waals surface area contributed by atoms with E-state index in [-0.39, 0.29) is 49.2 Å². The highest BCUT2D eigenvalue weighted by molar-refractivity contribution is 6.09. The molecule has 0 saturated carbocycles. The van der Waals surface area contributed by atoms with E-state index in [1.165, 1.54) is 12.0 Å². The van der Waals surface area contributed by atoms with E-state index in [4.69, 9.17) is 4.74 Å². The van der Waals surface area contributed by atoms with Gasteiger partial charge in [0.1, 0.15) is 5.75 Å². The summed E-state index contributed by atoms with van der Waals surface area (Å²) >= 11 is 0. The van der Waals surface area contributed by atoms with Crippen LogP contribution in [0.2, 0.25) is 0 Å². The second-order valence-corrected chi connectivity index (χ2v) is 10.4. The van der Waals surface area contributed by atoms with Crippen molar-refractivity contribution in [3.05, 3.63) is 63.2 Å². The maximum Gasteiger partial charge on any atom is 0.322 e. The monoisotopic (exact) mass is 527 g/mol. The smallest absolute Gasteiger partial charge is 0.322 e. The third kappa shape index (κ3) is 5.24. The number of carbonyl (C=O) groups is 2. The van der Waals surface area contributed by atoms with Crippen LogP contribution in [-0.4, -0.2) is 52.3 Å². The summed E-state index contributed by atoms with van der Waals surface area (Å²) < 4.78 is 34.6. The van der Waals surface area contributed by atoms with E-state index in [0.29, 0.717) is 42.3 Å². The first-order valence-corrected chi connectivity index (χ1v) is 13.0. The maximum atomic E-state index is 13.6. The minimum atomic E-state index is -3.37. The van der Waals surface area contributed by atoms with E-state index < -0.39 is 11.8 Å². The number of piperidine rings is 1. The average Bonchev–Trinajstić information content (AvgIpc) is 3.17. The van der Waals surface area contributed by atoms with E-state index in [1.807, 2.05) is 31.2 Å². The molecule has 1 amide bonds. The lowest BCUT2D eigenvalue weighted by molar-refractivity contribution is -0.156. The van der Waals surface area contributed by atoms with Gasteiger partial charge in [-0.2, -0.15) is 8.78 Å². The van der Waals surface area contributed by atoms with Gasteiger partial charge in [0.25, 0.3) is 11.5 Å². The fourth-order valence-electron chi connectivity index (χ4n) is 5.81. The largest absolute Gasteiger partial charge is 0.496 e. The number of rotatable bonds is 8. The Morgan fingerprint density at radius 1 is 1.18 bits per heavy atom. The molecule has 1 saturated heterocycles. The number of benzene rings is 1. The normalized spacial score (nSPS) is 15.6. The number of halogens is 2. The molecule has 204 valence electrons. The zero-order valence-corrected chi connectivity index (χ0v) is 22.6. The predicted octanol–water partition coefficient (Wildman–Crippen LogP) is 5.23. The van der Waals surface area contributed by atoms with Gasteiger partial charge in [0.05, 0.1) is 12.7 Å². The minimum absolute atomic E-state index is 0.000811. The van der Waals surface area contributed by atoms with E-state index in [1.54, 1.807) is 13.0 Å².